The molecule has 0 fully saturated rings. The van der Waals surface area contributed by atoms with Crippen molar-refractivity contribution >= 4 is 6.16 Å². The van der Waals surface area contributed by atoms with Gasteiger partial charge in [-0.1, -0.05) is 0 Å². The molecular formula is C7H13O3Pu. The number of hydrogen-bond acceptors (Lipinski definition) is 3. The minimum atomic E-state index is -0.525. The fourth-order valence-electron chi connectivity index (χ4n) is 0.708. The molecule has 0 unspecified atom stereocenters. The zero-order chi connectivity index (χ0) is 8.53. The molecule has 0 aliphatic heterocycles. The molecule has 65 valence electrons. The Bertz CT molecular complexity index is 106. The number of hydrogen-bond donors (Lipinski definition) is 0. The molecule has 0 saturated heterocycles. The molecule has 0 aliphatic carbocycles. The predicted octanol–water partition coefficient (Wildman–Crippen LogP) is 2.18. The van der Waals surface area contributed by atoms with Crippen molar-refractivity contribution in [1.29, 1.82) is 0 Å². The molecule has 0 aromatic rings. The van der Waals surface area contributed by atoms with Crippen LogP contribution in [0.5, 0.6) is 0 Å². The van der Waals surface area contributed by atoms with Gasteiger partial charge in [0.05, 0.1) is 0 Å². The van der Waals surface area contributed by atoms with Crippen LogP contribution in [0, 0.1) is 28.0 Å². The van der Waals surface area contributed by atoms with Crippen LogP contribution in [0.2, 0.25) is 0 Å². The second kappa shape index (κ2) is 8.35. The molecular weight excluding hydrogens is 376 g/mol. The summed E-state index contributed by atoms with van der Waals surface area (Å²) >= 11 is 0.491. The van der Waals surface area contributed by atoms with E-state index in [1.54, 1.807) is 0 Å². The van der Waals surface area contributed by atoms with Gasteiger partial charge in [-0.05, 0) is 0 Å². The molecule has 0 amide bonds. The van der Waals surface area contributed by atoms with Crippen molar-refractivity contribution < 1.29 is 40.0 Å². The maximum absolute atomic E-state index is 10.4. The van der Waals surface area contributed by atoms with E-state index in [9.17, 15) is 4.79 Å². The van der Waals surface area contributed by atoms with E-state index in [1.807, 2.05) is 0 Å². The summed E-state index contributed by atoms with van der Waals surface area (Å²) < 4.78 is 9.13. The Hall–Kier alpha value is 0.257. The van der Waals surface area contributed by atoms with E-state index in [2.05, 4.69) is 9.39 Å². The topological polar surface area (TPSA) is 35.5 Å². The van der Waals surface area contributed by atoms with Gasteiger partial charge in [0.1, 0.15) is 0 Å². The van der Waals surface area contributed by atoms with Crippen LogP contribution >= 0.6 is 0 Å². The number of carbonyl (C=O) groups is 1. The van der Waals surface area contributed by atoms with Gasteiger partial charge in [0.2, 0.25) is 0 Å². The predicted molar refractivity (Wildman–Crippen MR) is 36.6 cm³/mol. The van der Waals surface area contributed by atoms with Crippen LogP contribution in [0.4, 0.5) is 4.79 Å². The van der Waals surface area contributed by atoms with Gasteiger partial charge < -0.3 is 0 Å². The summed E-state index contributed by atoms with van der Waals surface area (Å²) in [6, 6.07) is 0. The Morgan fingerprint density at radius 2 is 2.09 bits per heavy atom. The molecule has 0 aromatic heterocycles. The van der Waals surface area contributed by atoms with Crippen molar-refractivity contribution in [2.24, 2.45) is 0 Å². The quantitative estimate of drug-likeness (QED) is 0.534. The molecule has 0 rings (SSSR count). The van der Waals surface area contributed by atoms with E-state index in [4.69, 9.17) is 4.74 Å². The Balaban J connectivity index is 2.95. The summed E-state index contributed by atoms with van der Waals surface area (Å²) in [4.78, 5) is 10.4. The Labute approximate surface area is 85.3 Å². The fourth-order valence-corrected chi connectivity index (χ4v) is 0.909. The van der Waals surface area contributed by atoms with Crippen LogP contribution in [0.3, 0.4) is 0 Å². The minimum absolute atomic E-state index is 0.491. The SMILES string of the molecule is CCCCCCOC(=O)[O][Pu]. The van der Waals surface area contributed by atoms with E-state index in [1.165, 1.54) is 12.8 Å². The molecule has 0 atom stereocenters. The molecule has 0 heterocycles. The molecule has 0 spiro atoms. The molecule has 0 aromatic carbocycles. The average Bonchev–Trinajstić information content (AvgIpc) is 2.04. The Morgan fingerprint density at radius 3 is 2.64 bits per heavy atom. The van der Waals surface area contributed by atoms with Gasteiger partial charge in [0.15, 0.2) is 0 Å². The van der Waals surface area contributed by atoms with E-state index in [0.717, 1.165) is 12.8 Å². The van der Waals surface area contributed by atoms with Crippen LogP contribution in [0.15, 0.2) is 0 Å². The van der Waals surface area contributed by atoms with Gasteiger partial charge in [-0.15, -0.1) is 0 Å². The summed E-state index contributed by atoms with van der Waals surface area (Å²) in [5.74, 6) is 0. The molecule has 0 aliphatic rings. The Morgan fingerprint density at radius 1 is 1.36 bits per heavy atom. The number of rotatable bonds is 5. The van der Waals surface area contributed by atoms with Crippen molar-refractivity contribution in [3.05, 3.63) is 0 Å². The molecule has 0 radical (unpaired) electrons. The summed E-state index contributed by atoms with van der Waals surface area (Å²) in [6.45, 7) is 2.64. The first-order valence-electron chi connectivity index (χ1n) is 3.77. The van der Waals surface area contributed by atoms with E-state index < -0.39 is 6.16 Å². The van der Waals surface area contributed by atoms with Gasteiger partial charge in [-0.25, -0.2) is 0 Å². The molecule has 0 saturated carbocycles. The molecule has 0 bridgehead atoms. The summed E-state index contributed by atoms with van der Waals surface area (Å²) in [5.41, 5.74) is 0. The first-order chi connectivity index (χ1) is 5.31. The molecule has 0 N–H and O–H groups in total. The number of ether oxygens (including phenoxy) is 1. The first kappa shape index (κ1) is 11.3. The van der Waals surface area contributed by atoms with Crippen molar-refractivity contribution in [1.82, 2.24) is 0 Å². The molecule has 4 heteroatoms. The standard InChI is InChI=1S/C7H14O3.Pu/c1-2-3-4-5-6-10-7(8)9;/h2-6H2,1H3,(H,8,9);/q;+1/p-1. The molecule has 11 heavy (non-hydrogen) atoms. The van der Waals surface area contributed by atoms with Gasteiger partial charge in [0, 0.05) is 0 Å². The van der Waals surface area contributed by atoms with E-state index >= 15 is 0 Å². The zero-order valence-corrected chi connectivity index (χ0v) is 10.1. The van der Waals surface area contributed by atoms with E-state index in [-0.39, 0.29) is 0 Å². The van der Waals surface area contributed by atoms with Crippen molar-refractivity contribution in [2.45, 2.75) is 32.6 Å². The zero-order valence-electron chi connectivity index (χ0n) is 6.67. The van der Waals surface area contributed by atoms with Crippen LogP contribution in [-0.4, -0.2) is 12.8 Å². The number of unbranched alkanes of at least 4 members (excludes halogenated alkanes) is 3. The maximum atomic E-state index is 10.4. The van der Waals surface area contributed by atoms with Gasteiger partial charge in [-0.3, -0.25) is 0 Å². The van der Waals surface area contributed by atoms with E-state index in [0.29, 0.717) is 34.6 Å². The summed E-state index contributed by atoms with van der Waals surface area (Å²) in [6.07, 6.45) is 3.96. The monoisotopic (exact) mass is 383 g/mol. The van der Waals surface area contributed by atoms with Crippen molar-refractivity contribution in [2.75, 3.05) is 6.61 Å². The second-order valence-electron chi connectivity index (χ2n) is 2.24. The van der Waals surface area contributed by atoms with Crippen LogP contribution in [0.25, 0.3) is 0 Å². The summed E-state index contributed by atoms with van der Waals surface area (Å²) in [7, 11) is 0. The third-order valence-corrected chi connectivity index (χ3v) is 1.85. The number of carbonyl (C=O) groups excluding carboxylic acids is 1. The third kappa shape index (κ3) is 8.16. The Kier molecular flexibility index (Phi) is 8.55. The average molecular weight is 389 g/mol. The van der Waals surface area contributed by atoms with Crippen LogP contribution in [0.1, 0.15) is 32.6 Å². The third-order valence-electron chi connectivity index (χ3n) is 1.29. The van der Waals surface area contributed by atoms with Gasteiger partial charge >= 0.3 is 85.4 Å². The van der Waals surface area contributed by atoms with Crippen LogP contribution < -0.4 is 0 Å². The van der Waals surface area contributed by atoms with Crippen LogP contribution in [-0.2, 0) is 7.21 Å². The second-order valence-corrected chi connectivity index (χ2v) is 2.94. The fraction of sp³-hybridized carbons (Fsp3) is 0.857. The molecule has 3 nitrogen and oxygen atoms in total. The first-order valence-corrected chi connectivity index (χ1v) is 5.16. The normalized spacial score (nSPS) is 9.36. The van der Waals surface area contributed by atoms with Gasteiger partial charge in [-0.2, -0.15) is 0 Å². The van der Waals surface area contributed by atoms with Crippen molar-refractivity contribution in [3.8, 4) is 0 Å². The van der Waals surface area contributed by atoms with Crippen molar-refractivity contribution in [3.63, 3.8) is 0 Å². The van der Waals surface area contributed by atoms with Gasteiger partial charge in [0.25, 0.3) is 0 Å². The summed E-state index contributed by atoms with van der Waals surface area (Å²) in [5, 5.41) is 0.